The lowest BCUT2D eigenvalue weighted by Crippen LogP contribution is -2.31. The van der Waals surface area contributed by atoms with Gasteiger partial charge in [0, 0.05) is 12.2 Å². The number of hydrogen-bond acceptors (Lipinski definition) is 3. The molecule has 29 heavy (non-hydrogen) atoms. The zero-order valence-corrected chi connectivity index (χ0v) is 17.7. The second-order valence-electron chi connectivity index (χ2n) is 6.76. The molecule has 3 aromatic rings. The van der Waals surface area contributed by atoms with Gasteiger partial charge in [-0.25, -0.2) is 4.79 Å². The van der Waals surface area contributed by atoms with Crippen molar-refractivity contribution >= 4 is 35.7 Å². The van der Waals surface area contributed by atoms with Crippen LogP contribution >= 0.6 is 7.92 Å². The number of nitrogens with one attached hydrogen (secondary N) is 1. The van der Waals surface area contributed by atoms with Crippen LogP contribution in [0.25, 0.3) is 0 Å². The Hall–Kier alpha value is -2.97. The van der Waals surface area contributed by atoms with Gasteiger partial charge in [0.15, 0.2) is 0 Å². The van der Waals surface area contributed by atoms with Gasteiger partial charge in [-0.15, -0.1) is 0 Å². The van der Waals surface area contributed by atoms with E-state index in [1.165, 1.54) is 28.7 Å². The summed E-state index contributed by atoms with van der Waals surface area (Å²) in [5, 5.41) is 5.91. The summed E-state index contributed by atoms with van der Waals surface area (Å²) >= 11 is 0. The SMILES string of the molecule is CC(=O)NC[13C](=O)Oc1ccccc1P(c1ccccc1C)c1ccccc1C. The van der Waals surface area contributed by atoms with Crippen LogP contribution in [0.4, 0.5) is 0 Å². The number of benzene rings is 3. The smallest absolute Gasteiger partial charge is 0.330 e. The van der Waals surface area contributed by atoms with Gasteiger partial charge in [0.05, 0.1) is 0 Å². The van der Waals surface area contributed by atoms with E-state index >= 15 is 0 Å². The van der Waals surface area contributed by atoms with Crippen LogP contribution in [0.1, 0.15) is 18.1 Å². The van der Waals surface area contributed by atoms with Gasteiger partial charge in [0.2, 0.25) is 5.91 Å². The van der Waals surface area contributed by atoms with E-state index in [9.17, 15) is 9.59 Å². The summed E-state index contributed by atoms with van der Waals surface area (Å²) in [6.45, 7) is 5.43. The van der Waals surface area contributed by atoms with Crippen molar-refractivity contribution in [3.05, 3.63) is 83.9 Å². The number of ether oxygens (including phenoxy) is 1. The van der Waals surface area contributed by atoms with Gasteiger partial charge in [0.25, 0.3) is 0 Å². The van der Waals surface area contributed by atoms with Crippen LogP contribution in [-0.2, 0) is 9.59 Å². The molecule has 0 saturated heterocycles. The molecule has 0 aliphatic carbocycles. The molecule has 0 bridgehead atoms. The Kier molecular flexibility index (Phi) is 6.79. The van der Waals surface area contributed by atoms with Crippen molar-refractivity contribution in [3.8, 4) is 5.75 Å². The lowest BCUT2D eigenvalue weighted by molar-refractivity contribution is -0.135. The molecule has 148 valence electrons. The molecule has 5 heteroatoms. The minimum Gasteiger partial charge on any atom is -0.425 e. The average molecular weight is 406 g/mol. The van der Waals surface area contributed by atoms with Crippen LogP contribution in [0.15, 0.2) is 72.8 Å². The Labute approximate surface area is 172 Å². The third-order valence-corrected chi connectivity index (χ3v) is 7.34. The quantitative estimate of drug-likeness (QED) is 0.296. The molecule has 1 amide bonds. The van der Waals surface area contributed by atoms with Gasteiger partial charge in [-0.2, -0.15) is 0 Å². The Morgan fingerprint density at radius 1 is 0.793 bits per heavy atom. The van der Waals surface area contributed by atoms with Crippen LogP contribution in [-0.4, -0.2) is 18.4 Å². The molecule has 3 aromatic carbocycles. The van der Waals surface area contributed by atoms with E-state index in [-0.39, 0.29) is 12.5 Å². The summed E-state index contributed by atoms with van der Waals surface area (Å²) in [6.07, 6.45) is 0. The van der Waals surface area contributed by atoms with E-state index in [4.69, 9.17) is 4.74 Å². The molecule has 0 aromatic heterocycles. The number of rotatable bonds is 6. The Morgan fingerprint density at radius 3 is 1.79 bits per heavy atom. The maximum atomic E-state index is 12.3. The van der Waals surface area contributed by atoms with Crippen molar-refractivity contribution in [3.63, 3.8) is 0 Å². The first kappa shape index (κ1) is 20.8. The molecular formula is C24H24NO3P. The third-order valence-electron chi connectivity index (χ3n) is 4.52. The third kappa shape index (κ3) is 5.10. The van der Waals surface area contributed by atoms with E-state index in [1.54, 1.807) is 0 Å². The maximum absolute atomic E-state index is 12.3. The first-order valence-electron chi connectivity index (χ1n) is 9.43. The lowest BCUT2D eigenvalue weighted by Gasteiger charge is -2.24. The second-order valence-corrected chi connectivity index (χ2v) is 8.88. The zero-order chi connectivity index (χ0) is 20.8. The van der Waals surface area contributed by atoms with Crippen molar-refractivity contribution in [2.45, 2.75) is 20.8 Å². The van der Waals surface area contributed by atoms with Gasteiger partial charge < -0.3 is 10.1 Å². The normalized spacial score (nSPS) is 10.6. The lowest BCUT2D eigenvalue weighted by atomic mass is 10.2. The molecule has 0 heterocycles. The fraction of sp³-hybridized carbons (Fsp3) is 0.167. The van der Waals surface area contributed by atoms with Gasteiger partial charge in [-0.05, 0) is 49.6 Å². The molecule has 0 aliphatic heterocycles. The van der Waals surface area contributed by atoms with E-state index in [0.29, 0.717) is 5.75 Å². The minimum atomic E-state index is -0.925. The van der Waals surface area contributed by atoms with Crippen molar-refractivity contribution in [2.24, 2.45) is 0 Å². The van der Waals surface area contributed by atoms with Crippen LogP contribution < -0.4 is 26.0 Å². The van der Waals surface area contributed by atoms with Crippen LogP contribution in [0.2, 0.25) is 0 Å². The number of carbonyl (C=O) groups excluding carboxylic acids is 2. The number of para-hydroxylation sites is 1. The number of esters is 1. The fourth-order valence-electron chi connectivity index (χ4n) is 3.10. The van der Waals surface area contributed by atoms with E-state index in [0.717, 1.165) is 5.30 Å². The first-order valence-corrected chi connectivity index (χ1v) is 10.8. The highest BCUT2D eigenvalue weighted by Gasteiger charge is 2.24. The summed E-state index contributed by atoms with van der Waals surface area (Å²) in [6, 6.07) is 24.3. The molecule has 0 spiro atoms. The predicted octanol–water partition coefficient (Wildman–Crippen LogP) is 3.10. The summed E-state index contributed by atoms with van der Waals surface area (Å²) in [7, 11) is -0.925. The van der Waals surface area contributed by atoms with E-state index < -0.39 is 13.9 Å². The number of carbonyl (C=O) groups is 2. The summed E-state index contributed by atoms with van der Waals surface area (Å²) in [5.41, 5.74) is 2.39. The zero-order valence-electron chi connectivity index (χ0n) is 16.8. The molecule has 3 rings (SSSR count). The minimum absolute atomic E-state index is 0.156. The fourth-order valence-corrected chi connectivity index (χ4v) is 5.78. The Bertz CT molecular complexity index is 986. The van der Waals surface area contributed by atoms with Crippen LogP contribution in [0.5, 0.6) is 5.75 Å². The van der Waals surface area contributed by atoms with E-state index in [2.05, 4.69) is 43.4 Å². The van der Waals surface area contributed by atoms with E-state index in [1.807, 2.05) is 48.5 Å². The summed E-state index contributed by atoms with van der Waals surface area (Å²) in [4.78, 5) is 23.4. The molecular weight excluding hydrogens is 382 g/mol. The molecule has 4 nitrogen and oxygen atoms in total. The maximum Gasteiger partial charge on any atom is 0.330 e. The highest BCUT2D eigenvalue weighted by molar-refractivity contribution is 7.80. The molecule has 0 aliphatic rings. The van der Waals surface area contributed by atoms with Gasteiger partial charge in [0.1, 0.15) is 12.3 Å². The van der Waals surface area contributed by atoms with Crippen molar-refractivity contribution in [1.82, 2.24) is 5.32 Å². The van der Waals surface area contributed by atoms with Gasteiger partial charge in [-0.3, -0.25) is 4.79 Å². The second kappa shape index (κ2) is 9.49. The topological polar surface area (TPSA) is 55.4 Å². The molecule has 0 saturated carbocycles. The number of aryl methyl sites for hydroxylation is 2. The van der Waals surface area contributed by atoms with Crippen LogP contribution in [0, 0.1) is 13.8 Å². The van der Waals surface area contributed by atoms with Crippen LogP contribution in [0.3, 0.4) is 0 Å². The predicted molar refractivity (Wildman–Crippen MR) is 119 cm³/mol. The van der Waals surface area contributed by atoms with Gasteiger partial charge >= 0.3 is 5.97 Å². The molecule has 0 atom stereocenters. The standard InChI is InChI=1S/C24H24NO3P/c1-17-10-4-7-13-21(17)29(22-14-8-5-11-18(22)2)23-15-9-6-12-20(23)28-24(27)16-25-19(3)26/h4-15H,16H2,1-3H3,(H,25,26)/i24+1. The Balaban J connectivity index is 2.08. The summed E-state index contributed by atoms with van der Waals surface area (Å²) in [5.74, 6) is -0.227. The molecule has 0 radical (unpaired) electrons. The average Bonchev–Trinajstić information content (AvgIpc) is 2.70. The van der Waals surface area contributed by atoms with Crippen molar-refractivity contribution in [2.75, 3.05) is 6.54 Å². The van der Waals surface area contributed by atoms with Crippen molar-refractivity contribution in [1.29, 1.82) is 0 Å². The van der Waals surface area contributed by atoms with Crippen molar-refractivity contribution < 1.29 is 14.3 Å². The molecule has 0 fully saturated rings. The molecule has 0 unspecified atom stereocenters. The summed E-state index contributed by atoms with van der Waals surface area (Å²) < 4.78 is 5.66. The Morgan fingerprint density at radius 2 is 1.28 bits per heavy atom. The first-order chi connectivity index (χ1) is 14.0. The monoisotopic (exact) mass is 406 g/mol. The largest absolute Gasteiger partial charge is 0.425 e. The van der Waals surface area contributed by atoms with Gasteiger partial charge in [-0.1, -0.05) is 66.7 Å². The number of hydrogen-bond donors (Lipinski definition) is 1. The highest BCUT2D eigenvalue weighted by atomic mass is 31.1. The number of amides is 1. The molecule has 1 N–H and O–H groups in total. The highest BCUT2D eigenvalue weighted by Crippen LogP contribution is 2.38.